The van der Waals surface area contributed by atoms with E-state index < -0.39 is 11.7 Å². The van der Waals surface area contributed by atoms with Crippen molar-refractivity contribution in [3.8, 4) is 17.1 Å². The van der Waals surface area contributed by atoms with Crippen LogP contribution >= 0.6 is 0 Å². The number of pyridine rings is 1. The summed E-state index contributed by atoms with van der Waals surface area (Å²) < 4.78 is 52.7. The molecular formula is C22H28F3N7O3. The van der Waals surface area contributed by atoms with Crippen molar-refractivity contribution in [2.45, 2.75) is 25.1 Å². The largest absolute Gasteiger partial charge is 0.474 e. The number of carbonyl (C=O) groups is 1. The lowest BCUT2D eigenvalue weighted by Gasteiger charge is -2.37. The second kappa shape index (κ2) is 10.1. The van der Waals surface area contributed by atoms with Crippen LogP contribution in [-0.4, -0.2) is 78.9 Å². The van der Waals surface area contributed by atoms with E-state index >= 15 is 0 Å². The molecule has 1 saturated carbocycles. The molecule has 0 radical (unpaired) electrons. The van der Waals surface area contributed by atoms with Gasteiger partial charge in [-0.2, -0.15) is 18.2 Å². The number of halogens is 3. The summed E-state index contributed by atoms with van der Waals surface area (Å²) >= 11 is 0. The second-order valence-corrected chi connectivity index (χ2v) is 8.66. The third-order valence-electron chi connectivity index (χ3n) is 6.06. The standard InChI is InChI=1S/C22H28F3N7O3/c1-27-21(33)31(2)12-13-7-14(8-13)35-19-10-17(29-20(30-19)32-3-5-34-6-4-32)15-11-28-18(26)9-16(15)22(23,24)25/h9-11,13-14H,3-8,12H2,1-2H3,(H2,26,28)(H,27,33). The first-order chi connectivity index (χ1) is 16.6. The summed E-state index contributed by atoms with van der Waals surface area (Å²) in [7, 11) is 3.29. The van der Waals surface area contributed by atoms with Gasteiger partial charge in [-0.25, -0.2) is 14.8 Å². The summed E-state index contributed by atoms with van der Waals surface area (Å²) in [5.74, 6) is 0.480. The quantitative estimate of drug-likeness (QED) is 0.627. The highest BCUT2D eigenvalue weighted by atomic mass is 19.4. The second-order valence-electron chi connectivity index (χ2n) is 8.66. The molecule has 13 heteroatoms. The number of nitrogens with two attached hydrogens (primary N) is 1. The summed E-state index contributed by atoms with van der Waals surface area (Å²) in [5, 5.41) is 2.58. The van der Waals surface area contributed by atoms with Crippen LogP contribution in [0.4, 0.5) is 29.7 Å². The van der Waals surface area contributed by atoms with E-state index in [4.69, 9.17) is 15.2 Å². The summed E-state index contributed by atoms with van der Waals surface area (Å²) in [5.41, 5.74) is 4.45. The molecule has 35 heavy (non-hydrogen) atoms. The Kier molecular flexibility index (Phi) is 7.15. The number of urea groups is 1. The molecule has 1 aliphatic carbocycles. The molecule has 2 fully saturated rings. The normalized spacial score (nSPS) is 20.2. The highest BCUT2D eigenvalue weighted by Crippen LogP contribution is 2.39. The fourth-order valence-corrected chi connectivity index (χ4v) is 4.18. The van der Waals surface area contributed by atoms with Crippen molar-refractivity contribution in [1.29, 1.82) is 0 Å². The minimum atomic E-state index is -4.64. The molecule has 10 nitrogen and oxygen atoms in total. The van der Waals surface area contributed by atoms with E-state index in [9.17, 15) is 18.0 Å². The number of aromatic nitrogens is 3. The van der Waals surface area contributed by atoms with Crippen molar-refractivity contribution in [1.82, 2.24) is 25.2 Å². The number of morpholine rings is 1. The number of carbonyl (C=O) groups excluding carboxylic acids is 1. The van der Waals surface area contributed by atoms with Crippen LogP contribution in [0.25, 0.3) is 11.3 Å². The van der Waals surface area contributed by atoms with E-state index in [-0.39, 0.29) is 47.0 Å². The molecule has 190 valence electrons. The molecule has 0 atom stereocenters. The average Bonchev–Trinajstić information content (AvgIpc) is 2.81. The van der Waals surface area contributed by atoms with Crippen LogP contribution in [0.3, 0.4) is 0 Å². The number of nitrogens with one attached hydrogen (secondary N) is 1. The maximum absolute atomic E-state index is 13.8. The first-order valence-corrected chi connectivity index (χ1v) is 11.3. The van der Waals surface area contributed by atoms with Gasteiger partial charge in [0.2, 0.25) is 11.8 Å². The molecule has 3 heterocycles. The number of ether oxygens (including phenoxy) is 2. The maximum Gasteiger partial charge on any atom is 0.417 e. The van der Waals surface area contributed by atoms with E-state index in [0.29, 0.717) is 45.7 Å². The average molecular weight is 496 g/mol. The Bertz CT molecular complexity index is 1060. The van der Waals surface area contributed by atoms with Crippen molar-refractivity contribution < 1.29 is 27.4 Å². The molecule has 0 aromatic carbocycles. The molecule has 3 N–H and O–H groups in total. The lowest BCUT2D eigenvalue weighted by atomic mass is 9.82. The number of hydrogen-bond donors (Lipinski definition) is 2. The lowest BCUT2D eigenvalue weighted by Crippen LogP contribution is -2.44. The molecule has 2 amide bonds. The molecule has 2 aromatic rings. The zero-order chi connectivity index (χ0) is 25.2. The Morgan fingerprint density at radius 3 is 2.66 bits per heavy atom. The SMILES string of the molecule is CNC(=O)N(C)CC1CC(Oc2cc(-c3cnc(N)cc3C(F)(F)F)nc(N3CCOCC3)n2)C1. The molecule has 0 unspecified atom stereocenters. The zero-order valence-electron chi connectivity index (χ0n) is 19.5. The van der Waals surface area contributed by atoms with Crippen molar-refractivity contribution in [3.05, 3.63) is 23.9 Å². The third-order valence-corrected chi connectivity index (χ3v) is 6.06. The number of nitrogen functional groups attached to an aromatic ring is 1. The van der Waals surface area contributed by atoms with Crippen molar-refractivity contribution in [3.63, 3.8) is 0 Å². The van der Waals surface area contributed by atoms with Crippen LogP contribution < -0.4 is 20.7 Å². The van der Waals surface area contributed by atoms with Gasteiger partial charge in [0.25, 0.3) is 0 Å². The zero-order valence-corrected chi connectivity index (χ0v) is 19.5. The smallest absolute Gasteiger partial charge is 0.417 e. The number of amides is 2. The monoisotopic (exact) mass is 495 g/mol. The van der Waals surface area contributed by atoms with Crippen LogP contribution in [0, 0.1) is 5.92 Å². The Hall–Kier alpha value is -3.35. The van der Waals surface area contributed by atoms with Crippen LogP contribution in [0.1, 0.15) is 18.4 Å². The Morgan fingerprint density at radius 2 is 2.00 bits per heavy atom. The van der Waals surface area contributed by atoms with Gasteiger partial charge >= 0.3 is 12.2 Å². The fourth-order valence-electron chi connectivity index (χ4n) is 4.18. The predicted molar refractivity (Wildman–Crippen MR) is 122 cm³/mol. The first kappa shape index (κ1) is 24.8. The van der Waals surface area contributed by atoms with E-state index in [1.165, 1.54) is 6.07 Å². The van der Waals surface area contributed by atoms with Crippen molar-refractivity contribution in [2.24, 2.45) is 5.92 Å². The molecular weight excluding hydrogens is 467 g/mol. The first-order valence-electron chi connectivity index (χ1n) is 11.3. The Balaban J connectivity index is 1.58. The molecule has 4 rings (SSSR count). The summed E-state index contributed by atoms with van der Waals surface area (Å²) in [6.45, 7) is 2.52. The van der Waals surface area contributed by atoms with E-state index in [1.807, 2.05) is 4.90 Å². The summed E-state index contributed by atoms with van der Waals surface area (Å²) in [6.07, 6.45) is -2.34. The topological polar surface area (TPSA) is 119 Å². The molecule has 1 saturated heterocycles. The van der Waals surface area contributed by atoms with Gasteiger partial charge in [-0.3, -0.25) is 0 Å². The van der Waals surface area contributed by atoms with Gasteiger partial charge in [0.1, 0.15) is 11.9 Å². The van der Waals surface area contributed by atoms with Gasteiger partial charge in [0.05, 0.1) is 24.5 Å². The van der Waals surface area contributed by atoms with Crippen LogP contribution in [0.2, 0.25) is 0 Å². The minimum absolute atomic E-state index is 0.0477. The van der Waals surface area contributed by atoms with Gasteiger partial charge in [0, 0.05) is 51.6 Å². The molecule has 0 bridgehead atoms. The Morgan fingerprint density at radius 1 is 1.29 bits per heavy atom. The molecule has 1 aliphatic heterocycles. The van der Waals surface area contributed by atoms with Crippen LogP contribution in [0.15, 0.2) is 18.3 Å². The number of nitrogens with zero attached hydrogens (tertiary/aromatic N) is 5. The molecule has 2 aliphatic rings. The lowest BCUT2D eigenvalue weighted by molar-refractivity contribution is -0.137. The van der Waals surface area contributed by atoms with E-state index in [1.54, 1.807) is 19.0 Å². The third kappa shape index (κ3) is 5.84. The summed E-state index contributed by atoms with van der Waals surface area (Å²) in [6, 6.07) is 2.03. The molecule has 0 spiro atoms. The number of rotatable bonds is 6. The van der Waals surface area contributed by atoms with Crippen molar-refractivity contribution in [2.75, 3.05) is 57.6 Å². The van der Waals surface area contributed by atoms with Gasteiger partial charge in [-0.05, 0) is 24.8 Å². The highest BCUT2D eigenvalue weighted by molar-refractivity contribution is 5.73. The van der Waals surface area contributed by atoms with Gasteiger partial charge < -0.3 is 30.3 Å². The predicted octanol–water partition coefficient (Wildman–Crippen LogP) is 2.40. The number of hydrogen-bond acceptors (Lipinski definition) is 8. The van der Waals surface area contributed by atoms with Gasteiger partial charge in [-0.15, -0.1) is 0 Å². The maximum atomic E-state index is 13.8. The van der Waals surface area contributed by atoms with Crippen LogP contribution in [0.5, 0.6) is 5.88 Å². The fraction of sp³-hybridized carbons (Fsp3) is 0.545. The highest BCUT2D eigenvalue weighted by Gasteiger charge is 2.36. The van der Waals surface area contributed by atoms with Gasteiger partial charge in [-0.1, -0.05) is 0 Å². The van der Waals surface area contributed by atoms with Gasteiger partial charge in [0.15, 0.2) is 0 Å². The summed E-state index contributed by atoms with van der Waals surface area (Å²) in [4.78, 5) is 27.9. The van der Waals surface area contributed by atoms with Crippen LogP contribution in [-0.2, 0) is 10.9 Å². The molecule has 2 aromatic heterocycles. The van der Waals surface area contributed by atoms with Crippen molar-refractivity contribution >= 4 is 17.8 Å². The van der Waals surface area contributed by atoms with E-state index in [0.717, 1.165) is 12.3 Å². The number of anilines is 2. The van der Waals surface area contributed by atoms with E-state index in [2.05, 4.69) is 20.3 Å². The number of alkyl halides is 3. The minimum Gasteiger partial charge on any atom is -0.474 e. The Labute approximate surface area is 200 Å².